The van der Waals surface area contributed by atoms with E-state index < -0.39 is 5.91 Å². The molecule has 0 radical (unpaired) electrons. The van der Waals surface area contributed by atoms with Crippen LogP contribution in [0, 0.1) is 6.92 Å². The summed E-state index contributed by atoms with van der Waals surface area (Å²) >= 11 is 0. The van der Waals surface area contributed by atoms with Crippen molar-refractivity contribution in [2.75, 3.05) is 7.11 Å². The van der Waals surface area contributed by atoms with Gasteiger partial charge in [-0.25, -0.2) is 0 Å². The van der Waals surface area contributed by atoms with Crippen LogP contribution in [0.4, 0.5) is 0 Å². The van der Waals surface area contributed by atoms with Gasteiger partial charge < -0.3 is 10.5 Å². The molecule has 0 heterocycles. The monoisotopic (exact) mass is 241 g/mol. The normalized spacial score (nSPS) is 10.1. The maximum atomic E-state index is 11.1. The molecular formula is C15H15NO2. The number of hydrogen-bond acceptors (Lipinski definition) is 2. The summed E-state index contributed by atoms with van der Waals surface area (Å²) in [5.41, 5.74) is 8.89. The van der Waals surface area contributed by atoms with Crippen LogP contribution in [0.25, 0.3) is 11.1 Å². The van der Waals surface area contributed by atoms with E-state index in [0.717, 1.165) is 11.1 Å². The molecule has 0 saturated carbocycles. The summed E-state index contributed by atoms with van der Waals surface area (Å²) in [6, 6.07) is 13.3. The van der Waals surface area contributed by atoms with Crippen LogP contribution in [0.2, 0.25) is 0 Å². The summed E-state index contributed by atoms with van der Waals surface area (Å²) in [5, 5.41) is 0. The fraction of sp³-hybridized carbons (Fsp3) is 0.133. The molecule has 3 nitrogen and oxygen atoms in total. The standard InChI is InChI=1S/C15H15NO2/c1-10-4-3-5-11(8-10)13-7-6-12(15(16)17)9-14(13)18-2/h3-9H,1-2H3,(H2,16,17). The molecule has 2 aromatic rings. The highest BCUT2D eigenvalue weighted by Gasteiger charge is 2.09. The first-order valence-corrected chi connectivity index (χ1v) is 5.66. The highest BCUT2D eigenvalue weighted by Crippen LogP contribution is 2.31. The average molecular weight is 241 g/mol. The van der Waals surface area contributed by atoms with Gasteiger partial charge >= 0.3 is 0 Å². The Bertz CT molecular complexity index is 591. The second-order valence-corrected chi connectivity index (χ2v) is 4.15. The summed E-state index contributed by atoms with van der Waals surface area (Å²) in [5.74, 6) is 0.195. The molecule has 0 unspecified atom stereocenters. The molecule has 0 bridgehead atoms. The van der Waals surface area contributed by atoms with E-state index in [9.17, 15) is 4.79 Å². The summed E-state index contributed by atoms with van der Waals surface area (Å²) in [6.45, 7) is 2.04. The van der Waals surface area contributed by atoms with Gasteiger partial charge in [-0.15, -0.1) is 0 Å². The zero-order valence-corrected chi connectivity index (χ0v) is 10.4. The minimum absolute atomic E-state index is 0.447. The smallest absolute Gasteiger partial charge is 0.248 e. The van der Waals surface area contributed by atoms with Crippen molar-refractivity contribution in [2.24, 2.45) is 5.73 Å². The van der Waals surface area contributed by atoms with E-state index in [-0.39, 0.29) is 0 Å². The molecule has 0 fully saturated rings. The Hall–Kier alpha value is -2.29. The molecule has 0 aromatic heterocycles. The molecule has 0 atom stereocenters. The molecule has 2 N–H and O–H groups in total. The molecule has 18 heavy (non-hydrogen) atoms. The van der Waals surface area contributed by atoms with Gasteiger partial charge in [0.15, 0.2) is 0 Å². The number of hydrogen-bond donors (Lipinski definition) is 1. The average Bonchev–Trinajstić information content (AvgIpc) is 2.37. The second-order valence-electron chi connectivity index (χ2n) is 4.15. The van der Waals surface area contributed by atoms with Gasteiger partial charge in [0.05, 0.1) is 7.11 Å². The predicted molar refractivity (Wildman–Crippen MR) is 71.7 cm³/mol. The van der Waals surface area contributed by atoms with Crippen molar-refractivity contribution >= 4 is 5.91 Å². The van der Waals surface area contributed by atoms with Gasteiger partial charge in [0.1, 0.15) is 5.75 Å². The van der Waals surface area contributed by atoms with Crippen LogP contribution < -0.4 is 10.5 Å². The van der Waals surface area contributed by atoms with Crippen LogP contribution in [0.15, 0.2) is 42.5 Å². The van der Waals surface area contributed by atoms with Crippen LogP contribution in [0.5, 0.6) is 5.75 Å². The molecule has 0 saturated heterocycles. The minimum atomic E-state index is -0.455. The van der Waals surface area contributed by atoms with Gasteiger partial charge in [-0.05, 0) is 30.7 Å². The molecule has 0 aliphatic heterocycles. The molecule has 92 valence electrons. The number of primary amides is 1. The number of nitrogens with two attached hydrogens (primary N) is 1. The third-order valence-electron chi connectivity index (χ3n) is 2.82. The molecular weight excluding hydrogens is 226 g/mol. The molecule has 2 rings (SSSR count). The topological polar surface area (TPSA) is 52.3 Å². The number of methoxy groups -OCH3 is 1. The van der Waals surface area contributed by atoms with E-state index in [2.05, 4.69) is 6.07 Å². The highest BCUT2D eigenvalue weighted by molar-refractivity contribution is 5.94. The maximum Gasteiger partial charge on any atom is 0.248 e. The summed E-state index contributed by atoms with van der Waals surface area (Å²) in [4.78, 5) is 11.1. The lowest BCUT2D eigenvalue weighted by Gasteiger charge is -2.10. The van der Waals surface area contributed by atoms with Crippen molar-refractivity contribution in [3.05, 3.63) is 53.6 Å². The zero-order valence-electron chi connectivity index (χ0n) is 10.4. The van der Waals surface area contributed by atoms with Crippen molar-refractivity contribution in [3.63, 3.8) is 0 Å². The van der Waals surface area contributed by atoms with Gasteiger partial charge in [0, 0.05) is 11.1 Å². The van der Waals surface area contributed by atoms with Gasteiger partial charge in [-0.3, -0.25) is 4.79 Å². The van der Waals surface area contributed by atoms with E-state index in [1.165, 1.54) is 5.56 Å². The number of benzene rings is 2. The second kappa shape index (κ2) is 4.92. The molecule has 2 aromatic carbocycles. The predicted octanol–water partition coefficient (Wildman–Crippen LogP) is 2.77. The van der Waals surface area contributed by atoms with Gasteiger partial charge in [0.2, 0.25) is 5.91 Å². The maximum absolute atomic E-state index is 11.1. The fourth-order valence-electron chi connectivity index (χ4n) is 1.90. The van der Waals surface area contributed by atoms with Crippen molar-refractivity contribution in [3.8, 4) is 16.9 Å². The largest absolute Gasteiger partial charge is 0.496 e. The number of rotatable bonds is 3. The van der Waals surface area contributed by atoms with Crippen LogP contribution in [0.1, 0.15) is 15.9 Å². The third kappa shape index (κ3) is 2.35. The van der Waals surface area contributed by atoms with E-state index in [1.807, 2.05) is 31.2 Å². The highest BCUT2D eigenvalue weighted by atomic mass is 16.5. The first-order valence-electron chi connectivity index (χ1n) is 5.66. The molecule has 3 heteroatoms. The Morgan fingerprint density at radius 3 is 2.56 bits per heavy atom. The van der Waals surface area contributed by atoms with E-state index in [1.54, 1.807) is 19.2 Å². The first-order chi connectivity index (χ1) is 8.61. The Labute approximate surface area is 106 Å². The van der Waals surface area contributed by atoms with Crippen molar-refractivity contribution in [1.82, 2.24) is 0 Å². The van der Waals surface area contributed by atoms with E-state index >= 15 is 0 Å². The molecule has 0 aliphatic rings. The molecule has 0 spiro atoms. The Kier molecular flexibility index (Phi) is 3.33. The SMILES string of the molecule is COc1cc(C(N)=O)ccc1-c1cccc(C)c1. The van der Waals surface area contributed by atoms with Crippen LogP contribution in [0.3, 0.4) is 0 Å². The Morgan fingerprint density at radius 2 is 1.94 bits per heavy atom. The van der Waals surface area contributed by atoms with Crippen molar-refractivity contribution in [2.45, 2.75) is 6.92 Å². The van der Waals surface area contributed by atoms with Crippen LogP contribution >= 0.6 is 0 Å². The lowest BCUT2D eigenvalue weighted by molar-refractivity contribution is 0.1000. The number of amides is 1. The third-order valence-corrected chi connectivity index (χ3v) is 2.82. The Morgan fingerprint density at radius 1 is 1.17 bits per heavy atom. The number of aryl methyl sites for hydroxylation is 1. The van der Waals surface area contributed by atoms with E-state index in [4.69, 9.17) is 10.5 Å². The van der Waals surface area contributed by atoms with Gasteiger partial charge in [0.25, 0.3) is 0 Å². The Balaban J connectivity index is 2.54. The van der Waals surface area contributed by atoms with Gasteiger partial charge in [-0.1, -0.05) is 29.8 Å². The number of carbonyl (C=O) groups is 1. The van der Waals surface area contributed by atoms with E-state index in [0.29, 0.717) is 11.3 Å². The van der Waals surface area contributed by atoms with Gasteiger partial charge in [-0.2, -0.15) is 0 Å². The lowest BCUT2D eigenvalue weighted by atomic mass is 10.0. The van der Waals surface area contributed by atoms with Crippen molar-refractivity contribution < 1.29 is 9.53 Å². The quantitative estimate of drug-likeness (QED) is 0.898. The summed E-state index contributed by atoms with van der Waals surface area (Å²) < 4.78 is 5.32. The number of ether oxygens (including phenoxy) is 1. The lowest BCUT2D eigenvalue weighted by Crippen LogP contribution is -2.10. The molecule has 1 amide bonds. The summed E-state index contributed by atoms with van der Waals surface area (Å²) in [6.07, 6.45) is 0. The van der Waals surface area contributed by atoms with Crippen LogP contribution in [-0.2, 0) is 0 Å². The first kappa shape index (κ1) is 12.2. The zero-order chi connectivity index (χ0) is 13.1. The number of carbonyl (C=O) groups excluding carboxylic acids is 1. The fourth-order valence-corrected chi connectivity index (χ4v) is 1.90. The van der Waals surface area contributed by atoms with Crippen molar-refractivity contribution in [1.29, 1.82) is 0 Å². The van der Waals surface area contributed by atoms with Crippen LogP contribution in [-0.4, -0.2) is 13.0 Å². The minimum Gasteiger partial charge on any atom is -0.496 e. The summed E-state index contributed by atoms with van der Waals surface area (Å²) in [7, 11) is 1.58. The molecule has 0 aliphatic carbocycles.